The van der Waals surface area contributed by atoms with Gasteiger partial charge in [-0.3, -0.25) is 4.79 Å². The molecule has 0 atom stereocenters. The molecule has 0 bridgehead atoms. The van der Waals surface area contributed by atoms with Crippen LogP contribution in [0.4, 0.5) is 0 Å². The van der Waals surface area contributed by atoms with E-state index in [-0.39, 0.29) is 18.0 Å². The van der Waals surface area contributed by atoms with Crippen LogP contribution < -0.4 is 0 Å². The van der Waals surface area contributed by atoms with Crippen molar-refractivity contribution in [2.45, 2.75) is 47.1 Å². The van der Waals surface area contributed by atoms with E-state index in [1.165, 1.54) is 6.92 Å². The van der Waals surface area contributed by atoms with E-state index < -0.39 is 0 Å². The standard InChI is InChI=1S/C7H14O2.C2H6/c1-6(8)5-9-7(2,3)4;1-2/h5H2,1-4H3;1-2H3. The Morgan fingerprint density at radius 2 is 1.64 bits per heavy atom. The highest BCUT2D eigenvalue weighted by molar-refractivity contribution is 5.76. The minimum atomic E-state index is -0.189. The van der Waals surface area contributed by atoms with Gasteiger partial charge in [-0.25, -0.2) is 0 Å². The highest BCUT2D eigenvalue weighted by Gasteiger charge is 2.09. The maximum Gasteiger partial charge on any atom is 0.155 e. The van der Waals surface area contributed by atoms with Crippen LogP contribution in [-0.4, -0.2) is 18.0 Å². The quantitative estimate of drug-likeness (QED) is 0.620. The van der Waals surface area contributed by atoms with Gasteiger partial charge in [0.25, 0.3) is 0 Å². The second kappa shape index (κ2) is 6.35. The first-order valence-electron chi connectivity index (χ1n) is 4.05. The molecule has 0 heterocycles. The second-order valence-corrected chi connectivity index (χ2v) is 3.10. The first-order chi connectivity index (χ1) is 4.92. The van der Waals surface area contributed by atoms with Crippen LogP contribution >= 0.6 is 0 Å². The highest BCUT2D eigenvalue weighted by atomic mass is 16.5. The fourth-order valence-corrected chi connectivity index (χ4v) is 0.318. The Kier molecular flexibility index (Phi) is 7.64. The molecule has 0 fully saturated rings. The Hall–Kier alpha value is -0.370. The topological polar surface area (TPSA) is 26.3 Å². The van der Waals surface area contributed by atoms with E-state index in [0.29, 0.717) is 0 Å². The van der Waals surface area contributed by atoms with Crippen molar-refractivity contribution in [2.24, 2.45) is 0 Å². The van der Waals surface area contributed by atoms with Crippen LogP contribution in [-0.2, 0) is 9.53 Å². The summed E-state index contributed by atoms with van der Waals surface area (Å²) in [6, 6.07) is 0. The van der Waals surface area contributed by atoms with Crippen LogP contribution in [0.5, 0.6) is 0 Å². The van der Waals surface area contributed by atoms with Crippen molar-refractivity contribution in [3.8, 4) is 0 Å². The van der Waals surface area contributed by atoms with Gasteiger partial charge < -0.3 is 4.74 Å². The number of Topliss-reactive ketones (excluding diaryl/α,β-unsaturated/α-hetero) is 1. The highest BCUT2D eigenvalue weighted by Crippen LogP contribution is 2.05. The molecule has 0 aliphatic heterocycles. The average Bonchev–Trinajstić information content (AvgIpc) is 1.87. The monoisotopic (exact) mass is 160 g/mol. The molecule has 0 N–H and O–H groups in total. The van der Waals surface area contributed by atoms with E-state index in [2.05, 4.69) is 0 Å². The van der Waals surface area contributed by atoms with Crippen LogP contribution in [0.15, 0.2) is 0 Å². The summed E-state index contributed by atoms with van der Waals surface area (Å²) in [7, 11) is 0. The lowest BCUT2D eigenvalue weighted by Crippen LogP contribution is -2.22. The zero-order chi connectivity index (χ0) is 9.49. The summed E-state index contributed by atoms with van der Waals surface area (Å²) in [5, 5.41) is 0. The molecular weight excluding hydrogens is 140 g/mol. The van der Waals surface area contributed by atoms with Crippen molar-refractivity contribution < 1.29 is 9.53 Å². The molecule has 2 nitrogen and oxygen atoms in total. The van der Waals surface area contributed by atoms with Crippen LogP contribution in [0.2, 0.25) is 0 Å². The second-order valence-electron chi connectivity index (χ2n) is 3.10. The van der Waals surface area contributed by atoms with E-state index in [0.717, 1.165) is 0 Å². The molecule has 0 radical (unpaired) electrons. The van der Waals surface area contributed by atoms with Crippen molar-refractivity contribution in [2.75, 3.05) is 6.61 Å². The van der Waals surface area contributed by atoms with Gasteiger partial charge >= 0.3 is 0 Å². The molecule has 0 aromatic heterocycles. The lowest BCUT2D eigenvalue weighted by molar-refractivity contribution is -0.126. The van der Waals surface area contributed by atoms with Crippen LogP contribution in [0.3, 0.4) is 0 Å². The van der Waals surface area contributed by atoms with E-state index in [1.807, 2.05) is 34.6 Å². The summed E-state index contributed by atoms with van der Waals surface area (Å²) in [6.07, 6.45) is 0. The predicted molar refractivity (Wildman–Crippen MR) is 47.7 cm³/mol. The van der Waals surface area contributed by atoms with Crippen LogP contribution in [0, 0.1) is 0 Å². The number of ether oxygens (including phenoxy) is 1. The third kappa shape index (κ3) is 17.7. The van der Waals surface area contributed by atoms with Gasteiger partial charge in [0.05, 0.1) is 5.60 Å². The Balaban J connectivity index is 0. The normalized spacial score (nSPS) is 10.0. The van der Waals surface area contributed by atoms with Crippen molar-refractivity contribution in [3.63, 3.8) is 0 Å². The minimum Gasteiger partial charge on any atom is -0.368 e. The molecular formula is C9H20O2. The fourth-order valence-electron chi connectivity index (χ4n) is 0.318. The molecule has 0 aliphatic rings. The molecule has 0 unspecified atom stereocenters. The third-order valence-corrected chi connectivity index (χ3v) is 0.708. The summed E-state index contributed by atoms with van der Waals surface area (Å²) in [5.41, 5.74) is -0.189. The maximum absolute atomic E-state index is 10.4. The summed E-state index contributed by atoms with van der Waals surface area (Å²) in [6.45, 7) is 11.5. The zero-order valence-corrected chi connectivity index (χ0v) is 8.52. The summed E-state index contributed by atoms with van der Waals surface area (Å²) in [4.78, 5) is 10.4. The first kappa shape index (κ1) is 13.2. The molecule has 0 saturated heterocycles. The van der Waals surface area contributed by atoms with Gasteiger partial charge in [-0.15, -0.1) is 0 Å². The minimum absolute atomic E-state index is 0.0740. The molecule has 0 rings (SSSR count). The molecule has 2 heteroatoms. The van der Waals surface area contributed by atoms with Gasteiger partial charge in [-0.1, -0.05) is 13.8 Å². The maximum atomic E-state index is 10.4. The lowest BCUT2D eigenvalue weighted by Gasteiger charge is -2.17. The largest absolute Gasteiger partial charge is 0.368 e. The molecule has 0 aromatic rings. The molecule has 0 spiro atoms. The Bertz CT molecular complexity index is 101. The van der Waals surface area contributed by atoms with Crippen molar-refractivity contribution >= 4 is 5.78 Å². The molecule has 68 valence electrons. The van der Waals surface area contributed by atoms with Gasteiger partial charge in [0.2, 0.25) is 0 Å². The van der Waals surface area contributed by atoms with Crippen molar-refractivity contribution in [3.05, 3.63) is 0 Å². The van der Waals surface area contributed by atoms with E-state index >= 15 is 0 Å². The number of carbonyl (C=O) groups excluding carboxylic acids is 1. The van der Waals surface area contributed by atoms with Crippen molar-refractivity contribution in [1.29, 1.82) is 0 Å². The average molecular weight is 160 g/mol. The summed E-state index contributed by atoms with van der Waals surface area (Å²) in [5.74, 6) is 0.0740. The fraction of sp³-hybridized carbons (Fsp3) is 0.889. The predicted octanol–water partition coefficient (Wildman–Crippen LogP) is 2.42. The molecule has 0 aliphatic carbocycles. The van der Waals surface area contributed by atoms with Gasteiger partial charge in [0, 0.05) is 0 Å². The SMILES string of the molecule is CC.CC(=O)COC(C)(C)C. The molecule has 0 saturated carbocycles. The van der Waals surface area contributed by atoms with Gasteiger partial charge in [0.15, 0.2) is 5.78 Å². The van der Waals surface area contributed by atoms with Gasteiger partial charge in [-0.05, 0) is 27.7 Å². The summed E-state index contributed by atoms with van der Waals surface area (Å²) < 4.78 is 5.14. The van der Waals surface area contributed by atoms with Gasteiger partial charge in [0.1, 0.15) is 6.61 Å². The number of hydrogen-bond donors (Lipinski definition) is 0. The van der Waals surface area contributed by atoms with E-state index in [9.17, 15) is 4.79 Å². The number of hydrogen-bond acceptors (Lipinski definition) is 2. The number of rotatable bonds is 2. The number of carbonyl (C=O) groups is 1. The Labute approximate surface area is 69.9 Å². The molecule has 0 amide bonds. The Morgan fingerprint density at radius 3 is 1.73 bits per heavy atom. The number of ketones is 1. The smallest absolute Gasteiger partial charge is 0.155 e. The summed E-state index contributed by atoms with van der Waals surface area (Å²) >= 11 is 0. The van der Waals surface area contributed by atoms with E-state index in [1.54, 1.807) is 0 Å². The zero-order valence-electron chi connectivity index (χ0n) is 8.52. The molecule has 0 aromatic carbocycles. The first-order valence-corrected chi connectivity index (χ1v) is 4.05. The van der Waals surface area contributed by atoms with Crippen LogP contribution in [0.1, 0.15) is 41.5 Å². The third-order valence-electron chi connectivity index (χ3n) is 0.708. The molecule has 11 heavy (non-hydrogen) atoms. The van der Waals surface area contributed by atoms with Gasteiger partial charge in [-0.2, -0.15) is 0 Å². The lowest BCUT2D eigenvalue weighted by atomic mass is 10.2. The van der Waals surface area contributed by atoms with Crippen LogP contribution in [0.25, 0.3) is 0 Å². The Morgan fingerprint density at radius 1 is 1.27 bits per heavy atom. The van der Waals surface area contributed by atoms with E-state index in [4.69, 9.17) is 4.74 Å². The van der Waals surface area contributed by atoms with Crippen molar-refractivity contribution in [1.82, 2.24) is 0 Å².